The normalized spacial score (nSPS) is 13.3. The van der Waals surface area contributed by atoms with Crippen molar-refractivity contribution in [3.63, 3.8) is 0 Å². The molecule has 0 aliphatic heterocycles. The van der Waals surface area contributed by atoms with Crippen LogP contribution in [-0.4, -0.2) is 26.3 Å². The third-order valence-electron chi connectivity index (χ3n) is 2.47. The van der Waals surface area contributed by atoms with Crippen LogP contribution in [0, 0.1) is 17.2 Å². The van der Waals surface area contributed by atoms with E-state index < -0.39 is 15.9 Å². The van der Waals surface area contributed by atoms with Crippen molar-refractivity contribution in [2.45, 2.75) is 11.8 Å². The first-order chi connectivity index (χ1) is 8.70. The van der Waals surface area contributed by atoms with Crippen LogP contribution in [0.5, 0.6) is 0 Å². The molecular weight excluding hydrogens is 354 g/mol. The van der Waals surface area contributed by atoms with Gasteiger partial charge in [-0.1, -0.05) is 11.6 Å². The molecule has 1 atom stereocenters. The molecule has 0 spiro atoms. The van der Waals surface area contributed by atoms with E-state index in [1.54, 1.807) is 6.92 Å². The van der Waals surface area contributed by atoms with Crippen LogP contribution < -0.4 is 5.73 Å². The lowest BCUT2D eigenvalue weighted by Crippen LogP contribution is -2.31. The van der Waals surface area contributed by atoms with E-state index in [0.29, 0.717) is 0 Å². The first kappa shape index (κ1) is 16.2. The highest BCUT2D eigenvalue weighted by Gasteiger charge is 2.26. The molecule has 0 fully saturated rings. The molecule has 0 aliphatic rings. The highest BCUT2D eigenvalue weighted by atomic mass is 79.9. The summed E-state index contributed by atoms with van der Waals surface area (Å²) in [6.07, 6.45) is 0. The first-order valence-corrected chi connectivity index (χ1v) is 7.91. The van der Waals surface area contributed by atoms with Crippen LogP contribution in [0.25, 0.3) is 0 Å². The molecule has 104 valence electrons. The molecule has 1 aromatic rings. The summed E-state index contributed by atoms with van der Waals surface area (Å²) in [5.74, 6) is -0.407. The lowest BCUT2D eigenvalue weighted by Gasteiger charge is -2.19. The van der Waals surface area contributed by atoms with E-state index in [2.05, 4.69) is 15.9 Å². The van der Waals surface area contributed by atoms with Gasteiger partial charge >= 0.3 is 0 Å². The van der Waals surface area contributed by atoms with Crippen LogP contribution in [0.1, 0.15) is 6.92 Å². The predicted molar refractivity (Wildman–Crippen MR) is 78.2 cm³/mol. The number of nitrogens with two attached hydrogens (primary N) is 1. The summed E-state index contributed by atoms with van der Waals surface area (Å²) in [6.45, 7) is 1.74. The molecule has 19 heavy (non-hydrogen) atoms. The van der Waals surface area contributed by atoms with Crippen molar-refractivity contribution in [2.24, 2.45) is 5.92 Å². The van der Waals surface area contributed by atoms with Gasteiger partial charge in [-0.05, 0) is 35.0 Å². The maximum absolute atomic E-state index is 12.4. The second-order valence-corrected chi connectivity index (χ2v) is 7.37. The van der Waals surface area contributed by atoms with Gasteiger partial charge in [0.2, 0.25) is 10.0 Å². The summed E-state index contributed by atoms with van der Waals surface area (Å²) >= 11 is 8.98. The highest BCUT2D eigenvalue weighted by Crippen LogP contribution is 2.33. The number of nitriles is 1. The number of sulfonamides is 1. The van der Waals surface area contributed by atoms with Crippen LogP contribution in [0.3, 0.4) is 0 Å². The Kier molecular flexibility index (Phi) is 5.21. The Morgan fingerprint density at radius 3 is 2.68 bits per heavy atom. The first-order valence-electron chi connectivity index (χ1n) is 5.30. The minimum Gasteiger partial charge on any atom is -0.398 e. The third kappa shape index (κ3) is 3.60. The Morgan fingerprint density at radius 2 is 2.16 bits per heavy atom. The van der Waals surface area contributed by atoms with Crippen LogP contribution in [0.15, 0.2) is 21.5 Å². The van der Waals surface area contributed by atoms with E-state index in [-0.39, 0.29) is 26.6 Å². The van der Waals surface area contributed by atoms with Gasteiger partial charge in [-0.25, -0.2) is 8.42 Å². The number of nitrogen functional groups attached to an aromatic ring is 1. The average molecular weight is 367 g/mol. The zero-order valence-electron chi connectivity index (χ0n) is 10.4. The number of hydrogen-bond donors (Lipinski definition) is 1. The van der Waals surface area contributed by atoms with E-state index >= 15 is 0 Å². The quantitative estimate of drug-likeness (QED) is 0.829. The van der Waals surface area contributed by atoms with Gasteiger partial charge in [-0.2, -0.15) is 9.57 Å². The van der Waals surface area contributed by atoms with Crippen molar-refractivity contribution in [3.05, 3.63) is 21.6 Å². The minimum absolute atomic E-state index is 0.00913. The van der Waals surface area contributed by atoms with Gasteiger partial charge < -0.3 is 5.73 Å². The standard InChI is InChI=1S/C11H13BrClN3O2S/c1-7(5-14)6-16(2)19(17,18)10-4-8(13)3-9(15)11(10)12/h3-4,7H,6,15H2,1-2H3. The zero-order valence-corrected chi connectivity index (χ0v) is 13.6. The molecule has 1 rings (SSSR count). The average Bonchev–Trinajstić information content (AvgIpc) is 2.33. The number of anilines is 1. The molecule has 8 heteroatoms. The van der Waals surface area contributed by atoms with Gasteiger partial charge in [0.25, 0.3) is 0 Å². The van der Waals surface area contributed by atoms with Crippen LogP contribution in [0.2, 0.25) is 5.02 Å². The van der Waals surface area contributed by atoms with Crippen molar-refractivity contribution >= 4 is 43.2 Å². The van der Waals surface area contributed by atoms with Crippen LogP contribution in [-0.2, 0) is 10.0 Å². The lowest BCUT2D eigenvalue weighted by molar-refractivity contribution is 0.439. The molecule has 0 saturated carbocycles. The molecule has 0 amide bonds. The molecule has 0 aliphatic carbocycles. The molecule has 0 aromatic heterocycles. The van der Waals surface area contributed by atoms with Crippen molar-refractivity contribution in [1.29, 1.82) is 5.26 Å². The van der Waals surface area contributed by atoms with Crippen molar-refractivity contribution in [1.82, 2.24) is 4.31 Å². The summed E-state index contributed by atoms with van der Waals surface area (Å²) in [5.41, 5.74) is 5.92. The summed E-state index contributed by atoms with van der Waals surface area (Å²) in [4.78, 5) is -0.00913. The SMILES string of the molecule is CC(C#N)CN(C)S(=O)(=O)c1cc(Cl)cc(N)c1Br. The number of benzene rings is 1. The summed E-state index contributed by atoms with van der Waals surface area (Å²) in [5, 5.41) is 8.98. The van der Waals surface area contributed by atoms with Crippen LogP contribution in [0.4, 0.5) is 5.69 Å². The fraction of sp³-hybridized carbons (Fsp3) is 0.364. The molecule has 0 heterocycles. The Hall–Kier alpha value is -0.810. The molecule has 2 N–H and O–H groups in total. The van der Waals surface area contributed by atoms with E-state index in [1.807, 2.05) is 6.07 Å². The molecule has 5 nitrogen and oxygen atoms in total. The predicted octanol–water partition coefficient (Wildman–Crippen LogP) is 2.46. The van der Waals surface area contributed by atoms with E-state index in [9.17, 15) is 8.42 Å². The number of nitrogens with zero attached hydrogens (tertiary/aromatic N) is 2. The van der Waals surface area contributed by atoms with E-state index in [4.69, 9.17) is 22.6 Å². The van der Waals surface area contributed by atoms with Gasteiger partial charge in [0.1, 0.15) is 0 Å². The van der Waals surface area contributed by atoms with Crippen molar-refractivity contribution < 1.29 is 8.42 Å². The maximum atomic E-state index is 12.4. The fourth-order valence-electron chi connectivity index (χ4n) is 1.46. The third-order valence-corrected chi connectivity index (χ3v) is 5.68. The Bertz CT molecular complexity index is 628. The number of rotatable bonds is 4. The summed E-state index contributed by atoms with van der Waals surface area (Å²) in [6, 6.07) is 4.77. The monoisotopic (exact) mass is 365 g/mol. The maximum Gasteiger partial charge on any atom is 0.244 e. The van der Waals surface area contributed by atoms with Gasteiger partial charge in [0, 0.05) is 24.3 Å². The molecule has 1 aromatic carbocycles. The Morgan fingerprint density at radius 1 is 1.58 bits per heavy atom. The van der Waals surface area contributed by atoms with E-state index in [1.165, 1.54) is 19.2 Å². The largest absolute Gasteiger partial charge is 0.398 e. The topological polar surface area (TPSA) is 87.2 Å². The summed E-state index contributed by atoms with van der Waals surface area (Å²) < 4.78 is 26.1. The Labute approximate surface area is 126 Å². The number of hydrogen-bond acceptors (Lipinski definition) is 4. The minimum atomic E-state index is -3.75. The molecule has 0 radical (unpaired) electrons. The van der Waals surface area contributed by atoms with Crippen LogP contribution >= 0.6 is 27.5 Å². The zero-order chi connectivity index (χ0) is 14.8. The molecule has 0 bridgehead atoms. The molecule has 0 saturated heterocycles. The van der Waals surface area contributed by atoms with Gasteiger partial charge in [-0.15, -0.1) is 0 Å². The van der Waals surface area contributed by atoms with Gasteiger partial charge in [-0.3, -0.25) is 0 Å². The number of halogens is 2. The smallest absolute Gasteiger partial charge is 0.244 e. The Balaban J connectivity index is 3.25. The second-order valence-electron chi connectivity index (χ2n) is 4.12. The highest BCUT2D eigenvalue weighted by molar-refractivity contribution is 9.10. The lowest BCUT2D eigenvalue weighted by atomic mass is 10.2. The van der Waals surface area contributed by atoms with Crippen molar-refractivity contribution in [3.8, 4) is 6.07 Å². The van der Waals surface area contributed by atoms with Crippen molar-refractivity contribution in [2.75, 3.05) is 19.3 Å². The summed E-state index contributed by atoms with van der Waals surface area (Å²) in [7, 11) is -2.34. The van der Waals surface area contributed by atoms with Gasteiger partial charge in [0.15, 0.2) is 0 Å². The molecular formula is C11H13BrClN3O2S. The second kappa shape index (κ2) is 6.09. The molecule has 1 unspecified atom stereocenters. The fourth-order valence-corrected chi connectivity index (χ4v) is 3.97. The van der Waals surface area contributed by atoms with Gasteiger partial charge in [0.05, 0.1) is 21.4 Å². The van der Waals surface area contributed by atoms with E-state index in [0.717, 1.165) is 4.31 Å².